The van der Waals surface area contributed by atoms with E-state index >= 15 is 0 Å². The molecule has 1 aromatic heterocycles. The third-order valence-electron chi connectivity index (χ3n) is 0.631. The molecule has 0 fully saturated rings. The van der Waals surface area contributed by atoms with Crippen LogP contribution in [-0.4, -0.2) is 4.98 Å². The van der Waals surface area contributed by atoms with Gasteiger partial charge in [0.15, 0.2) is 0 Å². The van der Waals surface area contributed by atoms with Gasteiger partial charge in [0.1, 0.15) is 5.82 Å². The van der Waals surface area contributed by atoms with Crippen LogP contribution in [0.15, 0.2) is 18.2 Å². The zero-order chi connectivity index (χ0) is 5.11. The Bertz CT molecular complexity index is 136. The van der Waals surface area contributed by atoms with Crippen LogP contribution in [0.25, 0.3) is 0 Å². The van der Waals surface area contributed by atoms with Crippen molar-refractivity contribution in [3.05, 3.63) is 24.4 Å². The first-order valence-corrected chi connectivity index (χ1v) is 1.98. The number of hydrogen-bond acceptors (Lipinski definition) is 2. The molecule has 2 nitrogen and oxygen atoms in total. The van der Waals surface area contributed by atoms with Crippen LogP contribution in [0.5, 0.6) is 0 Å². The van der Waals surface area contributed by atoms with Crippen molar-refractivity contribution in [2.75, 3.05) is 5.73 Å². The maximum absolute atomic E-state index is 5.22. The largest absolute Gasteiger partial charge is 0.384 e. The summed E-state index contributed by atoms with van der Waals surface area (Å²) in [6.07, 6.45) is 2.59. The van der Waals surface area contributed by atoms with Gasteiger partial charge in [-0.1, -0.05) is 6.07 Å². The van der Waals surface area contributed by atoms with Gasteiger partial charge in [0.25, 0.3) is 0 Å². The van der Waals surface area contributed by atoms with Gasteiger partial charge in [-0.3, -0.25) is 0 Å². The Labute approximate surface area is 42.0 Å². The minimum atomic E-state index is 0.516. The maximum Gasteiger partial charge on any atom is 0.124 e. The maximum atomic E-state index is 5.22. The third-order valence-corrected chi connectivity index (χ3v) is 0.631. The lowest BCUT2D eigenvalue weighted by atomic mass is 10.5. The number of anilines is 1. The van der Waals surface area contributed by atoms with E-state index in [0.29, 0.717) is 5.82 Å². The second-order valence-corrected chi connectivity index (χ2v) is 1.19. The van der Waals surface area contributed by atoms with Gasteiger partial charge in [-0.15, -0.1) is 0 Å². The topological polar surface area (TPSA) is 38.9 Å². The van der Waals surface area contributed by atoms with Crippen molar-refractivity contribution in [2.45, 2.75) is 0 Å². The van der Waals surface area contributed by atoms with Crippen molar-refractivity contribution < 1.29 is 0 Å². The summed E-state index contributed by atoms with van der Waals surface area (Å²) in [5.74, 6) is 0.516. The Morgan fingerprint density at radius 1 is 1.71 bits per heavy atom. The van der Waals surface area contributed by atoms with E-state index in [-0.39, 0.29) is 0 Å². The SMILES string of the molecule is Nc1ccc[c]n1. The number of rotatable bonds is 0. The lowest BCUT2D eigenvalue weighted by Gasteiger charge is -1.82. The van der Waals surface area contributed by atoms with Crippen LogP contribution >= 0.6 is 0 Å². The van der Waals surface area contributed by atoms with Crippen LogP contribution < -0.4 is 5.73 Å². The van der Waals surface area contributed by atoms with E-state index in [1.807, 2.05) is 0 Å². The van der Waals surface area contributed by atoms with E-state index < -0.39 is 0 Å². The highest BCUT2D eigenvalue weighted by Crippen LogP contribution is 1.88. The normalized spacial score (nSPS) is 8.57. The molecule has 0 saturated heterocycles. The molecule has 2 N–H and O–H groups in total. The smallest absolute Gasteiger partial charge is 0.124 e. The molecule has 0 amide bonds. The summed E-state index contributed by atoms with van der Waals surface area (Å²) in [6.45, 7) is 0. The second-order valence-electron chi connectivity index (χ2n) is 1.19. The first kappa shape index (κ1) is 4.12. The summed E-state index contributed by atoms with van der Waals surface area (Å²) in [5, 5.41) is 0. The van der Waals surface area contributed by atoms with Crippen molar-refractivity contribution in [3.63, 3.8) is 0 Å². The average molecular weight is 93.1 g/mol. The van der Waals surface area contributed by atoms with Crippen LogP contribution in [0.2, 0.25) is 0 Å². The van der Waals surface area contributed by atoms with Crippen LogP contribution in [0.1, 0.15) is 0 Å². The number of pyridine rings is 1. The van der Waals surface area contributed by atoms with E-state index in [4.69, 9.17) is 5.73 Å². The lowest BCUT2D eigenvalue weighted by Crippen LogP contribution is -1.85. The number of nitrogens with zero attached hydrogens (tertiary/aromatic N) is 1. The van der Waals surface area contributed by atoms with Gasteiger partial charge in [-0.25, -0.2) is 4.98 Å². The van der Waals surface area contributed by atoms with E-state index in [0.717, 1.165) is 0 Å². The van der Waals surface area contributed by atoms with E-state index in [9.17, 15) is 0 Å². The van der Waals surface area contributed by atoms with Crippen molar-refractivity contribution in [1.29, 1.82) is 0 Å². The van der Waals surface area contributed by atoms with Crippen LogP contribution in [-0.2, 0) is 0 Å². The summed E-state index contributed by atoms with van der Waals surface area (Å²) in [4.78, 5) is 3.63. The Kier molecular flexibility index (Phi) is 0.941. The predicted octanol–water partition coefficient (Wildman–Crippen LogP) is 0.464. The van der Waals surface area contributed by atoms with Gasteiger partial charge in [0.05, 0.1) is 6.20 Å². The monoisotopic (exact) mass is 93.0 g/mol. The van der Waals surface area contributed by atoms with Crippen molar-refractivity contribution >= 4 is 5.82 Å². The molecule has 0 saturated carbocycles. The molecule has 0 aliphatic rings. The Morgan fingerprint density at radius 3 is 2.86 bits per heavy atom. The van der Waals surface area contributed by atoms with E-state index in [1.54, 1.807) is 18.2 Å². The molecule has 0 bridgehead atoms. The third kappa shape index (κ3) is 0.892. The Balaban J connectivity index is 3.02. The van der Waals surface area contributed by atoms with Crippen molar-refractivity contribution in [1.82, 2.24) is 4.98 Å². The number of nitrogen functional groups attached to an aromatic ring is 1. The fraction of sp³-hybridized carbons (Fsp3) is 0. The fourth-order valence-corrected chi connectivity index (χ4v) is 0.339. The molecule has 1 rings (SSSR count). The lowest BCUT2D eigenvalue weighted by molar-refractivity contribution is 1.32. The molecule has 0 aromatic carbocycles. The van der Waals surface area contributed by atoms with Crippen LogP contribution in [0.4, 0.5) is 5.82 Å². The highest BCUT2D eigenvalue weighted by atomic mass is 14.8. The summed E-state index contributed by atoms with van der Waals surface area (Å²) < 4.78 is 0. The van der Waals surface area contributed by atoms with Crippen molar-refractivity contribution in [3.8, 4) is 0 Å². The molecule has 0 spiro atoms. The molecule has 1 heterocycles. The molecule has 0 atom stereocenters. The first-order valence-electron chi connectivity index (χ1n) is 1.98. The average Bonchev–Trinajstić information content (AvgIpc) is 1.69. The van der Waals surface area contributed by atoms with Gasteiger partial charge in [0.2, 0.25) is 0 Å². The molecule has 35 valence electrons. The molecule has 2 heteroatoms. The molecule has 0 aliphatic heterocycles. The molecular weight excluding hydrogens is 88.1 g/mol. The van der Waals surface area contributed by atoms with Gasteiger partial charge >= 0.3 is 0 Å². The van der Waals surface area contributed by atoms with Crippen LogP contribution in [0.3, 0.4) is 0 Å². The van der Waals surface area contributed by atoms with Gasteiger partial charge in [-0.05, 0) is 12.1 Å². The highest BCUT2D eigenvalue weighted by Gasteiger charge is 1.74. The zero-order valence-corrected chi connectivity index (χ0v) is 3.76. The second kappa shape index (κ2) is 1.60. The summed E-state index contributed by atoms with van der Waals surface area (Å²) in [7, 11) is 0. The predicted molar refractivity (Wildman–Crippen MR) is 27.5 cm³/mol. The summed E-state index contributed by atoms with van der Waals surface area (Å²) >= 11 is 0. The van der Waals surface area contributed by atoms with Crippen LogP contribution in [0, 0.1) is 6.20 Å². The standard InChI is InChI=1S/C5H5N2/c6-5-3-1-2-4-7-5/h1-3H,(H2,6,7). The van der Waals surface area contributed by atoms with Gasteiger partial charge in [0, 0.05) is 0 Å². The van der Waals surface area contributed by atoms with Gasteiger partial charge in [-0.2, -0.15) is 0 Å². The highest BCUT2D eigenvalue weighted by molar-refractivity contribution is 5.24. The molecule has 7 heavy (non-hydrogen) atoms. The fourth-order valence-electron chi connectivity index (χ4n) is 0.339. The molecule has 0 unspecified atom stereocenters. The zero-order valence-electron chi connectivity index (χ0n) is 3.76. The molecule has 1 radical (unpaired) electrons. The van der Waals surface area contributed by atoms with Crippen molar-refractivity contribution in [2.24, 2.45) is 0 Å². The van der Waals surface area contributed by atoms with E-state index in [1.165, 1.54) is 0 Å². The first-order chi connectivity index (χ1) is 3.39. The number of hydrogen-bond donors (Lipinski definition) is 1. The van der Waals surface area contributed by atoms with Gasteiger partial charge < -0.3 is 5.73 Å². The number of nitrogens with two attached hydrogens (primary N) is 1. The molecule has 0 aliphatic carbocycles. The summed E-state index contributed by atoms with van der Waals surface area (Å²) in [6, 6.07) is 5.22. The minimum absolute atomic E-state index is 0.516. The number of aromatic nitrogens is 1. The Morgan fingerprint density at radius 2 is 2.57 bits per heavy atom. The molecule has 1 aromatic rings. The quantitative estimate of drug-likeness (QED) is 0.506. The summed E-state index contributed by atoms with van der Waals surface area (Å²) in [5.41, 5.74) is 5.22. The van der Waals surface area contributed by atoms with E-state index in [2.05, 4.69) is 11.2 Å². The Hall–Kier alpha value is -1.05. The minimum Gasteiger partial charge on any atom is -0.384 e. The molecular formula is C5H5N2.